The highest BCUT2D eigenvalue weighted by Gasteiger charge is 2.26. The lowest BCUT2D eigenvalue weighted by molar-refractivity contribution is -0.129. The van der Waals surface area contributed by atoms with Crippen molar-refractivity contribution in [1.82, 2.24) is 25.3 Å². The third-order valence-corrected chi connectivity index (χ3v) is 5.10. The molecule has 2 amide bonds. The van der Waals surface area contributed by atoms with Crippen LogP contribution in [-0.2, 0) is 16.6 Å². The predicted octanol–water partition coefficient (Wildman–Crippen LogP) is 0.384. The van der Waals surface area contributed by atoms with Gasteiger partial charge in [0.05, 0.1) is 6.54 Å². The van der Waals surface area contributed by atoms with Crippen LogP contribution >= 0.6 is 0 Å². The molecule has 2 aliphatic heterocycles. The molecule has 3 heterocycles. The molecular formula is C17H27N5O2. The number of carbonyl (C=O) groups is 2. The first kappa shape index (κ1) is 17.0. The van der Waals surface area contributed by atoms with Gasteiger partial charge in [-0.05, 0) is 51.3 Å². The third-order valence-electron chi connectivity index (χ3n) is 5.10. The van der Waals surface area contributed by atoms with Gasteiger partial charge in [-0.15, -0.1) is 0 Å². The topological polar surface area (TPSA) is 79.3 Å². The van der Waals surface area contributed by atoms with Gasteiger partial charge in [0.15, 0.2) is 0 Å². The van der Waals surface area contributed by atoms with Crippen molar-refractivity contribution >= 4 is 11.8 Å². The van der Waals surface area contributed by atoms with Crippen molar-refractivity contribution in [2.45, 2.75) is 44.1 Å². The first-order chi connectivity index (χ1) is 11.6. The van der Waals surface area contributed by atoms with Gasteiger partial charge >= 0.3 is 0 Å². The Kier molecular flexibility index (Phi) is 5.50. The molecule has 1 atom stereocenters. The molecule has 1 aromatic rings. The molecule has 2 N–H and O–H groups in total. The van der Waals surface area contributed by atoms with Gasteiger partial charge in [-0.1, -0.05) is 0 Å². The van der Waals surface area contributed by atoms with Crippen molar-refractivity contribution < 1.29 is 9.59 Å². The van der Waals surface area contributed by atoms with Crippen molar-refractivity contribution in [2.24, 2.45) is 7.05 Å². The molecule has 2 saturated heterocycles. The van der Waals surface area contributed by atoms with Crippen LogP contribution in [0.3, 0.4) is 0 Å². The second-order valence-corrected chi connectivity index (χ2v) is 6.84. The molecule has 0 aromatic carbocycles. The van der Waals surface area contributed by atoms with Crippen LogP contribution in [0.5, 0.6) is 0 Å². The molecule has 0 unspecified atom stereocenters. The standard InChI is InChI=1S/C17H27N5O2/c1-21-15(5-9-19-21)13-6-10-22(11-7-13)12-16(23)20-14-4-2-3-8-18-17(14)24/h5,9,13-14H,2-4,6-8,10-12H2,1H3,(H,18,24)(H,20,23)/t14-/m1/s1. The molecule has 2 aliphatic rings. The van der Waals surface area contributed by atoms with Crippen LogP contribution in [0.2, 0.25) is 0 Å². The molecule has 2 fully saturated rings. The lowest BCUT2D eigenvalue weighted by Gasteiger charge is -2.31. The van der Waals surface area contributed by atoms with Gasteiger partial charge in [0, 0.05) is 31.4 Å². The number of piperidine rings is 1. The average molecular weight is 333 g/mol. The molecule has 0 aliphatic carbocycles. The smallest absolute Gasteiger partial charge is 0.242 e. The minimum atomic E-state index is -0.369. The number of likely N-dealkylation sites (tertiary alicyclic amines) is 1. The fourth-order valence-corrected chi connectivity index (χ4v) is 3.69. The highest BCUT2D eigenvalue weighted by molar-refractivity contribution is 5.88. The zero-order valence-corrected chi connectivity index (χ0v) is 14.3. The molecule has 7 nitrogen and oxygen atoms in total. The van der Waals surface area contributed by atoms with Crippen LogP contribution in [0.15, 0.2) is 12.3 Å². The average Bonchev–Trinajstić information content (AvgIpc) is 2.89. The molecule has 3 rings (SSSR count). The second-order valence-electron chi connectivity index (χ2n) is 6.84. The van der Waals surface area contributed by atoms with Crippen LogP contribution < -0.4 is 10.6 Å². The van der Waals surface area contributed by atoms with Crippen molar-refractivity contribution in [3.63, 3.8) is 0 Å². The Hall–Kier alpha value is -1.89. The molecule has 132 valence electrons. The van der Waals surface area contributed by atoms with Crippen molar-refractivity contribution in [2.75, 3.05) is 26.2 Å². The molecule has 0 bridgehead atoms. The van der Waals surface area contributed by atoms with E-state index >= 15 is 0 Å². The Morgan fingerprint density at radius 1 is 1.33 bits per heavy atom. The molecule has 7 heteroatoms. The number of hydrogen-bond donors (Lipinski definition) is 2. The van der Waals surface area contributed by atoms with E-state index in [-0.39, 0.29) is 17.9 Å². The monoisotopic (exact) mass is 333 g/mol. The maximum absolute atomic E-state index is 12.3. The molecule has 0 radical (unpaired) electrons. The lowest BCUT2D eigenvalue weighted by Crippen LogP contribution is -2.49. The summed E-state index contributed by atoms with van der Waals surface area (Å²) in [5.74, 6) is 0.427. The van der Waals surface area contributed by atoms with E-state index in [9.17, 15) is 9.59 Å². The molecule has 0 spiro atoms. The Morgan fingerprint density at radius 3 is 2.83 bits per heavy atom. The maximum Gasteiger partial charge on any atom is 0.242 e. The molecule has 24 heavy (non-hydrogen) atoms. The summed E-state index contributed by atoms with van der Waals surface area (Å²) < 4.78 is 1.94. The summed E-state index contributed by atoms with van der Waals surface area (Å²) in [6.45, 7) is 2.90. The maximum atomic E-state index is 12.3. The first-order valence-corrected chi connectivity index (χ1v) is 8.91. The summed E-state index contributed by atoms with van der Waals surface area (Å²) in [5.41, 5.74) is 1.27. The van der Waals surface area contributed by atoms with Crippen LogP contribution in [0.25, 0.3) is 0 Å². The van der Waals surface area contributed by atoms with Crippen molar-refractivity contribution in [1.29, 1.82) is 0 Å². The van der Waals surface area contributed by atoms with E-state index < -0.39 is 0 Å². The summed E-state index contributed by atoms with van der Waals surface area (Å²) in [6, 6.07) is 1.71. The van der Waals surface area contributed by atoms with E-state index in [0.29, 0.717) is 19.0 Å². The minimum absolute atomic E-state index is 0.0453. The molecule has 0 saturated carbocycles. The van der Waals surface area contributed by atoms with E-state index in [2.05, 4.69) is 26.7 Å². The molecule has 1 aromatic heterocycles. The van der Waals surface area contributed by atoms with Crippen LogP contribution in [0, 0.1) is 0 Å². The van der Waals surface area contributed by atoms with Gasteiger partial charge in [-0.25, -0.2) is 0 Å². The fourth-order valence-electron chi connectivity index (χ4n) is 3.69. The largest absolute Gasteiger partial charge is 0.354 e. The van der Waals surface area contributed by atoms with E-state index in [1.165, 1.54) is 5.69 Å². The van der Waals surface area contributed by atoms with E-state index in [1.807, 2.05) is 17.9 Å². The Labute approximate surface area is 142 Å². The summed E-state index contributed by atoms with van der Waals surface area (Å²) in [4.78, 5) is 26.3. The van der Waals surface area contributed by atoms with Gasteiger partial charge in [-0.3, -0.25) is 19.2 Å². The number of rotatable bonds is 4. The normalized spacial score (nSPS) is 23.5. The molecular weight excluding hydrogens is 306 g/mol. The quantitative estimate of drug-likeness (QED) is 0.835. The lowest BCUT2D eigenvalue weighted by atomic mass is 9.93. The second kappa shape index (κ2) is 7.79. The van der Waals surface area contributed by atoms with E-state index in [4.69, 9.17) is 0 Å². The van der Waals surface area contributed by atoms with Gasteiger partial charge in [0.1, 0.15) is 6.04 Å². The van der Waals surface area contributed by atoms with Crippen LogP contribution in [0.1, 0.15) is 43.7 Å². The Bertz CT molecular complexity index is 577. The fraction of sp³-hybridized carbons (Fsp3) is 0.706. The Balaban J connectivity index is 1.44. The number of nitrogens with one attached hydrogen (secondary N) is 2. The number of aromatic nitrogens is 2. The van der Waals surface area contributed by atoms with Gasteiger partial charge in [0.25, 0.3) is 0 Å². The van der Waals surface area contributed by atoms with Crippen LogP contribution in [0.4, 0.5) is 0 Å². The summed E-state index contributed by atoms with van der Waals surface area (Å²) in [6.07, 6.45) is 6.61. The number of aryl methyl sites for hydroxylation is 1. The van der Waals surface area contributed by atoms with Gasteiger partial charge in [0.2, 0.25) is 11.8 Å². The summed E-state index contributed by atoms with van der Waals surface area (Å²) in [7, 11) is 1.98. The predicted molar refractivity (Wildman–Crippen MR) is 90.4 cm³/mol. The van der Waals surface area contributed by atoms with Crippen LogP contribution in [-0.4, -0.2) is 58.7 Å². The van der Waals surface area contributed by atoms with Gasteiger partial charge in [-0.2, -0.15) is 5.10 Å². The van der Waals surface area contributed by atoms with E-state index in [0.717, 1.165) is 45.2 Å². The zero-order chi connectivity index (χ0) is 16.9. The highest BCUT2D eigenvalue weighted by Crippen LogP contribution is 2.27. The minimum Gasteiger partial charge on any atom is -0.354 e. The van der Waals surface area contributed by atoms with Crippen molar-refractivity contribution in [3.8, 4) is 0 Å². The highest BCUT2D eigenvalue weighted by atomic mass is 16.2. The summed E-state index contributed by atoms with van der Waals surface area (Å²) >= 11 is 0. The van der Waals surface area contributed by atoms with Crippen molar-refractivity contribution in [3.05, 3.63) is 18.0 Å². The first-order valence-electron chi connectivity index (χ1n) is 8.91. The third kappa shape index (κ3) is 4.14. The zero-order valence-electron chi connectivity index (χ0n) is 14.3. The number of nitrogens with zero attached hydrogens (tertiary/aromatic N) is 3. The number of hydrogen-bond acceptors (Lipinski definition) is 4. The number of carbonyl (C=O) groups excluding carboxylic acids is 2. The van der Waals surface area contributed by atoms with E-state index in [1.54, 1.807) is 0 Å². The SMILES string of the molecule is Cn1nccc1C1CCN(CC(=O)N[C@@H]2CCCCNC2=O)CC1. The number of amides is 2. The Morgan fingerprint density at radius 2 is 2.12 bits per heavy atom. The summed E-state index contributed by atoms with van der Waals surface area (Å²) in [5, 5.41) is 9.99. The van der Waals surface area contributed by atoms with Gasteiger partial charge < -0.3 is 10.6 Å².